The molecule has 0 bridgehead atoms. The number of rotatable bonds is 2. The van der Waals surface area contributed by atoms with Crippen LogP contribution in [-0.4, -0.2) is 21.3 Å². The number of carbonyl (C=O) groups is 1. The lowest BCUT2D eigenvalue weighted by Gasteiger charge is -2.05. The predicted octanol–water partition coefficient (Wildman–Crippen LogP) is 1.41. The van der Waals surface area contributed by atoms with E-state index in [9.17, 15) is 4.79 Å². The number of benzene rings is 1. The van der Waals surface area contributed by atoms with Gasteiger partial charge in [-0.25, -0.2) is 0 Å². The summed E-state index contributed by atoms with van der Waals surface area (Å²) >= 11 is 3.28. The fourth-order valence-corrected chi connectivity index (χ4v) is 1.74. The zero-order valence-corrected chi connectivity index (χ0v) is 9.15. The topological polar surface area (TPSA) is 92.0 Å². The lowest BCUT2D eigenvalue weighted by atomic mass is 10.1. The van der Waals surface area contributed by atoms with E-state index in [1.54, 1.807) is 18.2 Å². The number of aromatic amines is 1. The van der Waals surface area contributed by atoms with Crippen LogP contribution in [0.3, 0.4) is 0 Å². The number of aliphatic carboxylic acids is 1. The Morgan fingerprint density at radius 2 is 2.33 bits per heavy atom. The van der Waals surface area contributed by atoms with Crippen LogP contribution in [0.4, 0.5) is 0 Å². The molecule has 4 N–H and O–H groups in total. The second kappa shape index (κ2) is 3.63. The van der Waals surface area contributed by atoms with Gasteiger partial charge in [-0.15, -0.1) is 0 Å². The number of halogens is 1. The average Bonchev–Trinajstić information content (AvgIpc) is 2.59. The number of nitrogens with two attached hydrogens (primary N) is 1. The molecule has 1 unspecified atom stereocenters. The molecule has 15 heavy (non-hydrogen) atoms. The lowest BCUT2D eigenvalue weighted by molar-refractivity contribution is -0.138. The normalized spacial score (nSPS) is 12.9. The molecule has 78 valence electrons. The molecular formula is C9H8BrN3O2. The highest BCUT2D eigenvalue weighted by atomic mass is 79.9. The van der Waals surface area contributed by atoms with Gasteiger partial charge in [-0.1, -0.05) is 6.07 Å². The molecule has 5 nitrogen and oxygen atoms in total. The molecule has 0 radical (unpaired) electrons. The van der Waals surface area contributed by atoms with Crippen molar-refractivity contribution in [3.05, 3.63) is 28.4 Å². The minimum atomic E-state index is -1.05. The summed E-state index contributed by atoms with van der Waals surface area (Å²) in [5.74, 6) is -1.05. The Kier molecular flexibility index (Phi) is 2.45. The maximum absolute atomic E-state index is 10.7. The van der Waals surface area contributed by atoms with E-state index in [-0.39, 0.29) is 0 Å². The Morgan fingerprint density at radius 1 is 1.60 bits per heavy atom. The van der Waals surface area contributed by atoms with Crippen LogP contribution in [0, 0.1) is 0 Å². The van der Waals surface area contributed by atoms with Gasteiger partial charge in [-0.3, -0.25) is 9.89 Å². The maximum atomic E-state index is 10.7. The van der Waals surface area contributed by atoms with Crippen molar-refractivity contribution in [2.45, 2.75) is 6.04 Å². The third kappa shape index (κ3) is 1.73. The lowest BCUT2D eigenvalue weighted by Crippen LogP contribution is -2.20. The molecule has 6 heteroatoms. The van der Waals surface area contributed by atoms with Crippen LogP contribution < -0.4 is 5.73 Å². The number of hydrogen-bond donors (Lipinski definition) is 3. The first kappa shape index (κ1) is 10.1. The second-order valence-corrected chi connectivity index (χ2v) is 3.92. The van der Waals surface area contributed by atoms with Crippen molar-refractivity contribution in [1.82, 2.24) is 10.2 Å². The van der Waals surface area contributed by atoms with Crippen LogP contribution in [0.2, 0.25) is 0 Å². The maximum Gasteiger partial charge on any atom is 0.325 e. The van der Waals surface area contributed by atoms with Crippen molar-refractivity contribution in [2.75, 3.05) is 0 Å². The molecule has 1 atom stereocenters. The molecular weight excluding hydrogens is 262 g/mol. The van der Waals surface area contributed by atoms with E-state index >= 15 is 0 Å². The fraction of sp³-hybridized carbons (Fsp3) is 0.111. The molecule has 0 aliphatic heterocycles. The van der Waals surface area contributed by atoms with Crippen molar-refractivity contribution in [2.24, 2.45) is 5.73 Å². The largest absolute Gasteiger partial charge is 0.480 e. The summed E-state index contributed by atoms with van der Waals surface area (Å²) in [5.41, 5.74) is 6.82. The zero-order chi connectivity index (χ0) is 11.0. The number of carboxylic acid groups (broad SMARTS) is 1. The van der Waals surface area contributed by atoms with Gasteiger partial charge < -0.3 is 10.8 Å². The van der Waals surface area contributed by atoms with Gasteiger partial charge in [-0.2, -0.15) is 5.10 Å². The van der Waals surface area contributed by atoms with Gasteiger partial charge in [-0.05, 0) is 33.6 Å². The van der Waals surface area contributed by atoms with E-state index in [0.29, 0.717) is 5.56 Å². The van der Waals surface area contributed by atoms with Gasteiger partial charge in [0, 0.05) is 5.39 Å². The molecule has 2 rings (SSSR count). The molecule has 1 heterocycles. The summed E-state index contributed by atoms with van der Waals surface area (Å²) < 4.78 is 0.719. The number of hydrogen-bond acceptors (Lipinski definition) is 3. The SMILES string of the molecule is NC(C(=O)O)c1ccc2n[nH]c(Br)c2c1. The van der Waals surface area contributed by atoms with Crippen molar-refractivity contribution < 1.29 is 9.90 Å². The highest BCUT2D eigenvalue weighted by molar-refractivity contribution is 9.10. The Morgan fingerprint density at radius 3 is 3.00 bits per heavy atom. The van der Waals surface area contributed by atoms with E-state index < -0.39 is 12.0 Å². The number of H-pyrrole nitrogens is 1. The quantitative estimate of drug-likeness (QED) is 0.769. The number of nitrogens with zero attached hydrogens (tertiary/aromatic N) is 1. The number of nitrogens with one attached hydrogen (secondary N) is 1. The summed E-state index contributed by atoms with van der Waals surface area (Å²) in [6, 6.07) is 4.10. The first-order valence-corrected chi connectivity index (χ1v) is 5.01. The first-order chi connectivity index (χ1) is 7.09. The average molecular weight is 270 g/mol. The third-order valence-electron chi connectivity index (χ3n) is 2.16. The van der Waals surface area contributed by atoms with Crippen molar-refractivity contribution in [3.8, 4) is 0 Å². The number of carboxylic acids is 1. The van der Waals surface area contributed by atoms with Crippen LogP contribution >= 0.6 is 15.9 Å². The van der Waals surface area contributed by atoms with E-state index in [1.165, 1.54) is 0 Å². The Balaban J connectivity index is 2.54. The van der Waals surface area contributed by atoms with Crippen molar-refractivity contribution in [3.63, 3.8) is 0 Å². The van der Waals surface area contributed by atoms with Gasteiger partial charge >= 0.3 is 5.97 Å². The van der Waals surface area contributed by atoms with E-state index in [2.05, 4.69) is 26.1 Å². The summed E-state index contributed by atoms with van der Waals surface area (Å²) in [6.07, 6.45) is 0. The molecule has 1 aromatic heterocycles. The summed E-state index contributed by atoms with van der Waals surface area (Å²) in [4.78, 5) is 10.7. The van der Waals surface area contributed by atoms with Crippen molar-refractivity contribution >= 4 is 32.8 Å². The van der Waals surface area contributed by atoms with E-state index in [0.717, 1.165) is 15.5 Å². The molecule has 1 aromatic carbocycles. The Hall–Kier alpha value is -1.40. The second-order valence-electron chi connectivity index (χ2n) is 3.13. The summed E-state index contributed by atoms with van der Waals surface area (Å²) in [7, 11) is 0. The number of aromatic nitrogens is 2. The molecule has 0 spiro atoms. The highest BCUT2D eigenvalue weighted by Gasteiger charge is 2.15. The summed E-state index contributed by atoms with van der Waals surface area (Å²) in [6.45, 7) is 0. The van der Waals surface area contributed by atoms with Crippen LogP contribution in [0.1, 0.15) is 11.6 Å². The molecule has 0 saturated heterocycles. The monoisotopic (exact) mass is 269 g/mol. The van der Waals surface area contributed by atoms with Gasteiger partial charge in [0.15, 0.2) is 0 Å². The minimum Gasteiger partial charge on any atom is -0.480 e. The standard InChI is InChI=1S/C9H8BrN3O2/c10-8-5-3-4(7(11)9(14)15)1-2-6(5)12-13-8/h1-3,7H,11H2,(H,12,13)(H,14,15). The fourth-order valence-electron chi connectivity index (χ4n) is 1.33. The minimum absolute atomic E-state index is 0.553. The van der Waals surface area contributed by atoms with Crippen LogP contribution in [0.25, 0.3) is 10.9 Å². The molecule has 0 aliphatic carbocycles. The van der Waals surface area contributed by atoms with Gasteiger partial charge in [0.2, 0.25) is 0 Å². The van der Waals surface area contributed by atoms with E-state index in [1.807, 2.05) is 0 Å². The van der Waals surface area contributed by atoms with Crippen LogP contribution in [0.15, 0.2) is 22.8 Å². The molecule has 0 aliphatic rings. The van der Waals surface area contributed by atoms with Gasteiger partial charge in [0.25, 0.3) is 0 Å². The molecule has 0 amide bonds. The Labute approximate surface area is 93.4 Å². The van der Waals surface area contributed by atoms with Crippen molar-refractivity contribution in [1.29, 1.82) is 0 Å². The molecule has 0 saturated carbocycles. The van der Waals surface area contributed by atoms with Crippen LogP contribution in [-0.2, 0) is 4.79 Å². The van der Waals surface area contributed by atoms with Crippen LogP contribution in [0.5, 0.6) is 0 Å². The smallest absolute Gasteiger partial charge is 0.325 e. The van der Waals surface area contributed by atoms with Gasteiger partial charge in [0.1, 0.15) is 10.6 Å². The third-order valence-corrected chi connectivity index (χ3v) is 2.76. The van der Waals surface area contributed by atoms with E-state index in [4.69, 9.17) is 10.8 Å². The first-order valence-electron chi connectivity index (χ1n) is 4.21. The summed E-state index contributed by atoms with van der Waals surface area (Å²) in [5, 5.41) is 16.3. The highest BCUT2D eigenvalue weighted by Crippen LogP contribution is 2.24. The molecule has 0 fully saturated rings. The Bertz CT molecular complexity index is 523. The predicted molar refractivity (Wildman–Crippen MR) is 58.4 cm³/mol. The van der Waals surface area contributed by atoms with Gasteiger partial charge in [0.05, 0.1) is 5.52 Å². The number of fused-ring (bicyclic) bond motifs is 1. The zero-order valence-electron chi connectivity index (χ0n) is 7.57. The molecule has 2 aromatic rings.